The molecule has 0 aliphatic rings. The van der Waals surface area contributed by atoms with Crippen molar-refractivity contribution >= 4 is 15.9 Å². The van der Waals surface area contributed by atoms with Crippen LogP contribution < -0.4 is 4.74 Å². The number of ether oxygens (including phenoxy) is 1. The number of aryl methyl sites for hydroxylation is 2. The van der Waals surface area contributed by atoms with Crippen LogP contribution in [0.2, 0.25) is 0 Å². The van der Waals surface area contributed by atoms with Crippen LogP contribution in [0.1, 0.15) is 22.3 Å². The van der Waals surface area contributed by atoms with Gasteiger partial charge in [-0.1, -0.05) is 28.1 Å². The molecule has 0 saturated heterocycles. The van der Waals surface area contributed by atoms with Gasteiger partial charge >= 0.3 is 0 Å². The Morgan fingerprint density at radius 2 is 1.74 bits per heavy atom. The first-order valence-electron chi connectivity index (χ1n) is 6.17. The molecule has 0 fully saturated rings. The van der Waals surface area contributed by atoms with Crippen LogP contribution >= 0.6 is 15.9 Å². The molecule has 0 bridgehead atoms. The summed E-state index contributed by atoms with van der Waals surface area (Å²) >= 11 is 3.40. The van der Waals surface area contributed by atoms with Gasteiger partial charge in [-0.15, -0.1) is 0 Å². The minimum Gasteiger partial charge on any atom is -0.456 e. The monoisotopic (exact) mass is 320 g/mol. The zero-order valence-electron chi connectivity index (χ0n) is 11.3. The number of halogens is 1. The van der Waals surface area contributed by atoms with Gasteiger partial charge in [0.1, 0.15) is 11.5 Å². The molecule has 1 N–H and O–H groups in total. The molecular weight excluding hydrogens is 304 g/mol. The first kappa shape index (κ1) is 14.1. The summed E-state index contributed by atoms with van der Waals surface area (Å²) in [6.07, 6.45) is 0. The van der Waals surface area contributed by atoms with Crippen LogP contribution in [0.3, 0.4) is 0 Å². The zero-order valence-corrected chi connectivity index (χ0v) is 12.9. The zero-order chi connectivity index (χ0) is 14.0. The Balaban J connectivity index is 2.44. The Kier molecular flexibility index (Phi) is 4.27. The predicted octanol–water partition coefficient (Wildman–Crippen LogP) is 4.66. The van der Waals surface area contributed by atoms with Crippen molar-refractivity contribution in [2.75, 3.05) is 0 Å². The molecule has 0 heterocycles. The van der Waals surface area contributed by atoms with Crippen molar-refractivity contribution in [3.05, 3.63) is 57.1 Å². The third-order valence-corrected chi connectivity index (χ3v) is 3.77. The molecule has 2 aromatic rings. The van der Waals surface area contributed by atoms with Crippen molar-refractivity contribution in [3.63, 3.8) is 0 Å². The number of aliphatic hydroxyl groups excluding tert-OH is 1. The van der Waals surface area contributed by atoms with Gasteiger partial charge in [-0.2, -0.15) is 0 Å². The van der Waals surface area contributed by atoms with E-state index in [4.69, 9.17) is 4.74 Å². The summed E-state index contributed by atoms with van der Waals surface area (Å²) in [4.78, 5) is 0. The lowest BCUT2D eigenvalue weighted by Gasteiger charge is -2.15. The fourth-order valence-electron chi connectivity index (χ4n) is 1.96. The molecule has 0 unspecified atom stereocenters. The van der Waals surface area contributed by atoms with E-state index in [1.54, 1.807) is 0 Å². The lowest BCUT2D eigenvalue weighted by Crippen LogP contribution is -1.96. The smallest absolute Gasteiger partial charge is 0.133 e. The van der Waals surface area contributed by atoms with Gasteiger partial charge in [0.15, 0.2) is 0 Å². The summed E-state index contributed by atoms with van der Waals surface area (Å²) in [6, 6.07) is 9.79. The summed E-state index contributed by atoms with van der Waals surface area (Å²) in [6.45, 7) is 6.10. The standard InChI is InChI=1S/C16H17BrO2/c1-10-4-5-11(2)16(12(10)3)19-15-7-6-14(17)8-13(15)9-18/h4-8,18H,9H2,1-3H3. The predicted molar refractivity (Wildman–Crippen MR) is 80.8 cm³/mol. The summed E-state index contributed by atoms with van der Waals surface area (Å²) in [7, 11) is 0. The van der Waals surface area contributed by atoms with E-state index in [1.807, 2.05) is 25.1 Å². The number of aliphatic hydroxyl groups is 1. The van der Waals surface area contributed by atoms with Crippen LogP contribution in [0.25, 0.3) is 0 Å². The first-order valence-corrected chi connectivity index (χ1v) is 6.96. The summed E-state index contributed by atoms with van der Waals surface area (Å²) in [5.41, 5.74) is 4.19. The quantitative estimate of drug-likeness (QED) is 0.891. The van der Waals surface area contributed by atoms with E-state index in [0.29, 0.717) is 5.75 Å². The second kappa shape index (κ2) is 5.76. The van der Waals surface area contributed by atoms with Crippen LogP contribution in [-0.2, 0) is 6.61 Å². The minimum atomic E-state index is -0.0430. The fraction of sp³-hybridized carbons (Fsp3) is 0.250. The molecule has 0 spiro atoms. The summed E-state index contributed by atoms with van der Waals surface area (Å²) < 4.78 is 6.95. The highest BCUT2D eigenvalue weighted by molar-refractivity contribution is 9.10. The average Bonchev–Trinajstić information content (AvgIpc) is 2.40. The second-order valence-corrected chi connectivity index (χ2v) is 5.58. The molecule has 0 atom stereocenters. The number of benzene rings is 2. The van der Waals surface area contributed by atoms with E-state index in [0.717, 1.165) is 26.9 Å². The maximum atomic E-state index is 9.41. The maximum Gasteiger partial charge on any atom is 0.133 e. The Hall–Kier alpha value is -1.32. The topological polar surface area (TPSA) is 29.5 Å². The second-order valence-electron chi connectivity index (χ2n) is 4.67. The normalized spacial score (nSPS) is 10.6. The molecule has 2 rings (SSSR count). The minimum absolute atomic E-state index is 0.0430. The SMILES string of the molecule is Cc1ccc(C)c(Oc2ccc(Br)cc2CO)c1C. The van der Waals surface area contributed by atoms with Crippen molar-refractivity contribution in [2.24, 2.45) is 0 Å². The van der Waals surface area contributed by atoms with Crippen molar-refractivity contribution < 1.29 is 9.84 Å². The van der Waals surface area contributed by atoms with Gasteiger partial charge in [-0.05, 0) is 55.7 Å². The lowest BCUT2D eigenvalue weighted by molar-refractivity contribution is 0.276. The molecule has 3 heteroatoms. The molecule has 0 amide bonds. The van der Waals surface area contributed by atoms with Crippen molar-refractivity contribution in [3.8, 4) is 11.5 Å². The molecule has 0 aliphatic carbocycles. The Bertz CT molecular complexity index is 606. The maximum absolute atomic E-state index is 9.41. The van der Waals surface area contributed by atoms with Gasteiger partial charge < -0.3 is 9.84 Å². The number of hydrogen-bond donors (Lipinski definition) is 1. The average molecular weight is 321 g/mol. The summed E-state index contributed by atoms with van der Waals surface area (Å²) in [5, 5.41) is 9.41. The van der Waals surface area contributed by atoms with Gasteiger partial charge in [0, 0.05) is 10.0 Å². The van der Waals surface area contributed by atoms with E-state index in [-0.39, 0.29) is 6.61 Å². The van der Waals surface area contributed by atoms with Crippen molar-refractivity contribution in [1.82, 2.24) is 0 Å². The highest BCUT2D eigenvalue weighted by atomic mass is 79.9. The third kappa shape index (κ3) is 2.99. The van der Waals surface area contributed by atoms with Crippen LogP contribution in [0.5, 0.6) is 11.5 Å². The van der Waals surface area contributed by atoms with Crippen molar-refractivity contribution in [2.45, 2.75) is 27.4 Å². The molecule has 19 heavy (non-hydrogen) atoms. The molecule has 0 saturated carbocycles. The van der Waals surface area contributed by atoms with Crippen LogP contribution in [0, 0.1) is 20.8 Å². The molecule has 0 aromatic heterocycles. The van der Waals surface area contributed by atoms with Gasteiger partial charge in [0.2, 0.25) is 0 Å². The van der Waals surface area contributed by atoms with Crippen LogP contribution in [0.15, 0.2) is 34.8 Å². The van der Waals surface area contributed by atoms with Gasteiger partial charge in [0.25, 0.3) is 0 Å². The Morgan fingerprint density at radius 3 is 2.42 bits per heavy atom. The van der Waals surface area contributed by atoms with Crippen LogP contribution in [0.4, 0.5) is 0 Å². The molecule has 2 aromatic carbocycles. The largest absolute Gasteiger partial charge is 0.456 e. The van der Waals surface area contributed by atoms with Gasteiger partial charge in [-0.3, -0.25) is 0 Å². The van der Waals surface area contributed by atoms with E-state index in [1.165, 1.54) is 5.56 Å². The highest BCUT2D eigenvalue weighted by Crippen LogP contribution is 2.33. The lowest BCUT2D eigenvalue weighted by atomic mass is 10.1. The molecule has 2 nitrogen and oxygen atoms in total. The van der Waals surface area contributed by atoms with Crippen LogP contribution in [-0.4, -0.2) is 5.11 Å². The third-order valence-electron chi connectivity index (χ3n) is 3.28. The number of hydrogen-bond acceptors (Lipinski definition) is 2. The van der Waals surface area contributed by atoms with E-state index in [2.05, 4.69) is 41.9 Å². The van der Waals surface area contributed by atoms with Gasteiger partial charge in [-0.25, -0.2) is 0 Å². The Morgan fingerprint density at radius 1 is 1.05 bits per heavy atom. The molecule has 0 radical (unpaired) electrons. The van der Waals surface area contributed by atoms with E-state index in [9.17, 15) is 5.11 Å². The highest BCUT2D eigenvalue weighted by Gasteiger charge is 2.10. The molecule has 0 aliphatic heterocycles. The fourth-order valence-corrected chi connectivity index (χ4v) is 2.37. The molecular formula is C16H17BrO2. The van der Waals surface area contributed by atoms with E-state index < -0.39 is 0 Å². The van der Waals surface area contributed by atoms with E-state index >= 15 is 0 Å². The molecule has 100 valence electrons. The first-order chi connectivity index (χ1) is 9.02. The van der Waals surface area contributed by atoms with Crippen molar-refractivity contribution in [1.29, 1.82) is 0 Å². The summed E-state index contributed by atoms with van der Waals surface area (Å²) in [5.74, 6) is 1.57. The Labute approximate surface area is 122 Å². The van der Waals surface area contributed by atoms with Gasteiger partial charge in [0.05, 0.1) is 6.61 Å². The number of rotatable bonds is 3.